The lowest BCUT2D eigenvalue weighted by molar-refractivity contribution is 1.07. The van der Waals surface area contributed by atoms with Crippen molar-refractivity contribution in [1.29, 1.82) is 0 Å². The second kappa shape index (κ2) is 8.54. The molecule has 0 aliphatic rings. The van der Waals surface area contributed by atoms with E-state index >= 15 is 0 Å². The van der Waals surface area contributed by atoms with Gasteiger partial charge in [0.1, 0.15) is 5.82 Å². The number of aryl methyl sites for hydroxylation is 2. The molecule has 5 nitrogen and oxygen atoms in total. The van der Waals surface area contributed by atoms with Crippen molar-refractivity contribution in [3.63, 3.8) is 0 Å². The van der Waals surface area contributed by atoms with E-state index < -0.39 is 0 Å². The molecule has 2 N–H and O–H groups in total. The van der Waals surface area contributed by atoms with Crippen LogP contribution in [0.1, 0.15) is 25.0 Å². The molecule has 0 saturated carbocycles. The minimum absolute atomic E-state index is 0.598. The summed E-state index contributed by atoms with van der Waals surface area (Å²) in [6.07, 6.45) is 3.70. The molecule has 3 rings (SSSR count). The number of benzene rings is 2. The molecule has 140 valence electrons. The quantitative estimate of drug-likeness (QED) is 0.609. The van der Waals surface area contributed by atoms with E-state index in [0.29, 0.717) is 5.95 Å². The van der Waals surface area contributed by atoms with Crippen molar-refractivity contribution >= 4 is 28.8 Å². The molecule has 3 aromatic rings. The number of hydrogen-bond acceptors (Lipinski definition) is 5. The summed E-state index contributed by atoms with van der Waals surface area (Å²) in [7, 11) is 4.06. The molecule has 0 bridgehead atoms. The molecule has 0 amide bonds. The monoisotopic (exact) mass is 361 g/mol. The van der Waals surface area contributed by atoms with Gasteiger partial charge in [-0.3, -0.25) is 0 Å². The SMILES string of the molecule is CCc1cccc(CC)c1Nc1nccc(Nc2ccc(N(C)C)cc2)n1. The first-order valence-corrected chi connectivity index (χ1v) is 9.36. The third-order valence-electron chi connectivity index (χ3n) is 4.55. The van der Waals surface area contributed by atoms with E-state index in [2.05, 4.69) is 69.7 Å². The zero-order chi connectivity index (χ0) is 19.2. The van der Waals surface area contributed by atoms with Crippen LogP contribution in [0.15, 0.2) is 54.7 Å². The number of nitrogens with zero attached hydrogens (tertiary/aromatic N) is 3. The molecule has 0 radical (unpaired) electrons. The standard InChI is InChI=1S/C22H27N5/c1-5-16-8-7-9-17(6-2)21(16)26-22-23-15-14-20(25-22)24-18-10-12-19(13-11-18)27(3)4/h7-15H,5-6H2,1-4H3,(H2,23,24,25,26). The summed E-state index contributed by atoms with van der Waals surface area (Å²) in [5, 5.41) is 6.77. The zero-order valence-electron chi connectivity index (χ0n) is 16.5. The average molecular weight is 361 g/mol. The maximum Gasteiger partial charge on any atom is 0.229 e. The fourth-order valence-electron chi connectivity index (χ4n) is 2.99. The van der Waals surface area contributed by atoms with E-state index in [0.717, 1.165) is 35.7 Å². The van der Waals surface area contributed by atoms with Crippen molar-refractivity contribution in [1.82, 2.24) is 9.97 Å². The van der Waals surface area contributed by atoms with Crippen LogP contribution in [0, 0.1) is 0 Å². The smallest absolute Gasteiger partial charge is 0.229 e. The molecule has 2 aromatic carbocycles. The molecule has 0 saturated heterocycles. The third-order valence-corrected chi connectivity index (χ3v) is 4.55. The van der Waals surface area contributed by atoms with Crippen LogP contribution in [0.3, 0.4) is 0 Å². The maximum absolute atomic E-state index is 4.63. The molecular formula is C22H27N5. The van der Waals surface area contributed by atoms with Crippen LogP contribution in [-0.2, 0) is 12.8 Å². The Morgan fingerprint density at radius 3 is 2.11 bits per heavy atom. The average Bonchev–Trinajstić information content (AvgIpc) is 2.69. The van der Waals surface area contributed by atoms with Gasteiger partial charge in [0.05, 0.1) is 0 Å². The summed E-state index contributed by atoms with van der Waals surface area (Å²) in [4.78, 5) is 11.1. The Bertz CT molecular complexity index is 865. The van der Waals surface area contributed by atoms with Crippen molar-refractivity contribution in [2.75, 3.05) is 29.6 Å². The third kappa shape index (κ3) is 4.56. The molecule has 27 heavy (non-hydrogen) atoms. The highest BCUT2D eigenvalue weighted by molar-refractivity contribution is 5.65. The first-order valence-electron chi connectivity index (χ1n) is 9.36. The lowest BCUT2D eigenvalue weighted by Crippen LogP contribution is -2.08. The van der Waals surface area contributed by atoms with Crippen LogP contribution in [0.4, 0.5) is 28.8 Å². The van der Waals surface area contributed by atoms with Crippen LogP contribution in [0.5, 0.6) is 0 Å². The first kappa shape index (κ1) is 18.7. The van der Waals surface area contributed by atoms with E-state index in [9.17, 15) is 0 Å². The van der Waals surface area contributed by atoms with Crippen LogP contribution >= 0.6 is 0 Å². The van der Waals surface area contributed by atoms with Crippen LogP contribution in [-0.4, -0.2) is 24.1 Å². The van der Waals surface area contributed by atoms with Gasteiger partial charge in [-0.2, -0.15) is 4.98 Å². The largest absolute Gasteiger partial charge is 0.378 e. The van der Waals surface area contributed by atoms with Gasteiger partial charge in [0.15, 0.2) is 0 Å². The van der Waals surface area contributed by atoms with E-state index in [-0.39, 0.29) is 0 Å². The van der Waals surface area contributed by atoms with Crippen LogP contribution in [0.2, 0.25) is 0 Å². The predicted octanol–water partition coefficient (Wildman–Crippen LogP) is 5.15. The molecule has 1 aromatic heterocycles. The minimum atomic E-state index is 0.598. The van der Waals surface area contributed by atoms with Gasteiger partial charge in [-0.25, -0.2) is 4.98 Å². The van der Waals surface area contributed by atoms with Gasteiger partial charge in [0.25, 0.3) is 0 Å². The summed E-state index contributed by atoms with van der Waals surface area (Å²) >= 11 is 0. The summed E-state index contributed by atoms with van der Waals surface area (Å²) in [5.74, 6) is 1.36. The summed E-state index contributed by atoms with van der Waals surface area (Å²) in [6, 6.07) is 16.5. The van der Waals surface area contributed by atoms with Crippen molar-refractivity contribution in [3.8, 4) is 0 Å². The Hall–Kier alpha value is -3.08. The van der Waals surface area contributed by atoms with Gasteiger partial charge >= 0.3 is 0 Å². The predicted molar refractivity (Wildman–Crippen MR) is 115 cm³/mol. The summed E-state index contributed by atoms with van der Waals surface area (Å²) < 4.78 is 0. The molecule has 0 atom stereocenters. The summed E-state index contributed by atoms with van der Waals surface area (Å²) in [5.41, 5.74) is 5.82. The normalized spacial score (nSPS) is 10.5. The number of anilines is 5. The maximum atomic E-state index is 4.63. The topological polar surface area (TPSA) is 53.1 Å². The van der Waals surface area contributed by atoms with Crippen molar-refractivity contribution in [2.45, 2.75) is 26.7 Å². The molecular weight excluding hydrogens is 334 g/mol. The van der Waals surface area contributed by atoms with Gasteiger partial charge in [-0.05, 0) is 54.3 Å². The van der Waals surface area contributed by atoms with Crippen molar-refractivity contribution in [3.05, 3.63) is 65.9 Å². The van der Waals surface area contributed by atoms with Crippen molar-refractivity contribution < 1.29 is 0 Å². The van der Waals surface area contributed by atoms with Gasteiger partial charge in [-0.15, -0.1) is 0 Å². The second-order valence-electron chi connectivity index (χ2n) is 6.62. The van der Waals surface area contributed by atoms with Crippen LogP contribution in [0.25, 0.3) is 0 Å². The molecule has 1 heterocycles. The van der Waals surface area contributed by atoms with E-state index in [1.807, 2.05) is 32.3 Å². The molecule has 5 heteroatoms. The Morgan fingerprint density at radius 1 is 0.852 bits per heavy atom. The van der Waals surface area contributed by atoms with E-state index in [4.69, 9.17) is 0 Å². The molecule has 0 aliphatic heterocycles. The Balaban J connectivity index is 1.80. The highest BCUT2D eigenvalue weighted by Crippen LogP contribution is 2.26. The minimum Gasteiger partial charge on any atom is -0.378 e. The van der Waals surface area contributed by atoms with E-state index in [1.54, 1.807) is 6.20 Å². The fraction of sp³-hybridized carbons (Fsp3) is 0.273. The number of hydrogen-bond donors (Lipinski definition) is 2. The molecule has 0 fully saturated rings. The highest BCUT2D eigenvalue weighted by atomic mass is 15.1. The molecule has 0 unspecified atom stereocenters. The highest BCUT2D eigenvalue weighted by Gasteiger charge is 2.08. The second-order valence-corrected chi connectivity index (χ2v) is 6.62. The molecule has 0 aliphatic carbocycles. The number of para-hydroxylation sites is 1. The van der Waals surface area contributed by atoms with Crippen LogP contribution < -0.4 is 15.5 Å². The lowest BCUT2D eigenvalue weighted by Gasteiger charge is -2.15. The van der Waals surface area contributed by atoms with E-state index in [1.165, 1.54) is 11.1 Å². The Morgan fingerprint density at radius 2 is 1.52 bits per heavy atom. The number of aromatic nitrogens is 2. The molecule has 0 spiro atoms. The first-order chi connectivity index (χ1) is 13.1. The van der Waals surface area contributed by atoms with Gasteiger partial charge < -0.3 is 15.5 Å². The Labute approximate surface area is 161 Å². The van der Waals surface area contributed by atoms with Crippen molar-refractivity contribution in [2.24, 2.45) is 0 Å². The summed E-state index contributed by atoms with van der Waals surface area (Å²) in [6.45, 7) is 4.33. The fourth-order valence-corrected chi connectivity index (χ4v) is 2.99. The Kier molecular flexibility index (Phi) is 5.91. The number of rotatable bonds is 7. The van der Waals surface area contributed by atoms with Gasteiger partial charge in [-0.1, -0.05) is 32.0 Å². The lowest BCUT2D eigenvalue weighted by atomic mass is 10.0. The zero-order valence-corrected chi connectivity index (χ0v) is 16.5. The van der Waals surface area contributed by atoms with Gasteiger partial charge in [0, 0.05) is 37.4 Å². The number of nitrogens with one attached hydrogen (secondary N) is 2. The van der Waals surface area contributed by atoms with Gasteiger partial charge in [0.2, 0.25) is 5.95 Å².